The normalized spacial score (nSPS) is 18.2. The van der Waals surface area contributed by atoms with Gasteiger partial charge in [0.1, 0.15) is 11.3 Å². The minimum atomic E-state index is -4.72. The molecule has 0 amide bonds. The van der Waals surface area contributed by atoms with Crippen molar-refractivity contribution in [1.29, 1.82) is 0 Å². The Labute approximate surface area is 204 Å². The highest BCUT2D eigenvalue weighted by Crippen LogP contribution is 2.44. The maximum Gasteiger partial charge on any atom is 0.435 e. The molecule has 0 bridgehead atoms. The molecule has 1 aliphatic rings. The second kappa shape index (κ2) is 9.07. The first-order valence-electron chi connectivity index (χ1n) is 11.6. The van der Waals surface area contributed by atoms with Crippen LogP contribution in [0.25, 0.3) is 11.2 Å². The number of halogens is 4. The van der Waals surface area contributed by atoms with Crippen LogP contribution in [-0.4, -0.2) is 24.5 Å². The Bertz CT molecular complexity index is 1490. The maximum absolute atomic E-state index is 14.6. The fraction of sp³-hybridized carbons (Fsp3) is 0.346. The third-order valence-electron chi connectivity index (χ3n) is 6.84. The lowest BCUT2D eigenvalue weighted by molar-refractivity contribution is -0.142. The minimum Gasteiger partial charge on any atom is -0.285 e. The van der Waals surface area contributed by atoms with E-state index in [2.05, 4.69) is 19.9 Å². The van der Waals surface area contributed by atoms with Crippen molar-refractivity contribution in [2.45, 2.75) is 57.7 Å². The van der Waals surface area contributed by atoms with Crippen LogP contribution in [0.2, 0.25) is 0 Å². The van der Waals surface area contributed by atoms with Crippen molar-refractivity contribution in [1.82, 2.24) is 24.5 Å². The van der Waals surface area contributed by atoms with Crippen LogP contribution in [-0.2, 0) is 12.7 Å². The molecule has 4 aromatic rings. The summed E-state index contributed by atoms with van der Waals surface area (Å²) in [5, 5.41) is 0. The van der Waals surface area contributed by atoms with Crippen LogP contribution in [0.3, 0.4) is 0 Å². The molecule has 10 heteroatoms. The summed E-state index contributed by atoms with van der Waals surface area (Å²) in [6, 6.07) is 6.65. The summed E-state index contributed by atoms with van der Waals surface area (Å²) in [5.74, 6) is -0.509. The molecular formula is C26H23F4N5O. The molecule has 36 heavy (non-hydrogen) atoms. The highest BCUT2D eigenvalue weighted by molar-refractivity contribution is 5.71. The SMILES string of the molecule is Cc1cnc2cc(C3CCC(c4c(C)cccc4F)C3)c(=O)n(Cc3nccnc3C(F)(F)F)c2n1. The standard InChI is InChI=1S/C26H23F4N5O/c1-14-4-3-5-19(27)22(14)17-7-6-16(10-17)18-11-20-24(34-15(2)12-33-20)35(25(18)36)13-21-23(26(28,29)30)32-9-8-31-21/h3-5,8-9,11-12,16-17H,6-7,10,13H2,1-2H3. The number of benzene rings is 1. The van der Waals surface area contributed by atoms with Gasteiger partial charge in [-0.3, -0.25) is 19.3 Å². The molecule has 3 aromatic heterocycles. The van der Waals surface area contributed by atoms with Gasteiger partial charge in [0, 0.05) is 24.2 Å². The number of pyridine rings is 1. The predicted molar refractivity (Wildman–Crippen MR) is 125 cm³/mol. The number of hydrogen-bond acceptors (Lipinski definition) is 5. The molecule has 1 aromatic carbocycles. The third kappa shape index (κ3) is 4.36. The summed E-state index contributed by atoms with van der Waals surface area (Å²) >= 11 is 0. The van der Waals surface area contributed by atoms with E-state index in [9.17, 15) is 22.4 Å². The van der Waals surface area contributed by atoms with Crippen molar-refractivity contribution in [3.05, 3.63) is 92.8 Å². The summed E-state index contributed by atoms with van der Waals surface area (Å²) in [6.45, 7) is 3.11. The van der Waals surface area contributed by atoms with Gasteiger partial charge in [0.15, 0.2) is 11.3 Å². The van der Waals surface area contributed by atoms with Gasteiger partial charge < -0.3 is 0 Å². The first kappa shape index (κ1) is 24.0. The van der Waals surface area contributed by atoms with Gasteiger partial charge in [0.25, 0.3) is 5.56 Å². The Balaban J connectivity index is 1.60. The van der Waals surface area contributed by atoms with Crippen molar-refractivity contribution < 1.29 is 17.6 Å². The average molecular weight is 497 g/mol. The summed E-state index contributed by atoms with van der Waals surface area (Å²) in [6.07, 6.45) is 0.862. The van der Waals surface area contributed by atoms with E-state index in [0.717, 1.165) is 18.0 Å². The number of fused-ring (bicyclic) bond motifs is 1. The van der Waals surface area contributed by atoms with Crippen molar-refractivity contribution >= 4 is 11.2 Å². The van der Waals surface area contributed by atoms with Crippen molar-refractivity contribution in [2.24, 2.45) is 0 Å². The molecule has 1 saturated carbocycles. The molecule has 186 valence electrons. The number of aromatic nitrogens is 5. The van der Waals surface area contributed by atoms with Gasteiger partial charge in [-0.1, -0.05) is 12.1 Å². The molecule has 2 unspecified atom stereocenters. The molecule has 0 saturated heterocycles. The van der Waals surface area contributed by atoms with Crippen LogP contribution in [0, 0.1) is 19.7 Å². The average Bonchev–Trinajstić information content (AvgIpc) is 3.30. The van der Waals surface area contributed by atoms with E-state index in [1.54, 1.807) is 25.3 Å². The zero-order valence-electron chi connectivity index (χ0n) is 19.7. The van der Waals surface area contributed by atoms with Gasteiger partial charge in [0.05, 0.1) is 17.9 Å². The summed E-state index contributed by atoms with van der Waals surface area (Å²) in [7, 11) is 0. The van der Waals surface area contributed by atoms with Crippen LogP contribution in [0.4, 0.5) is 17.6 Å². The summed E-state index contributed by atoms with van der Waals surface area (Å²) in [5.41, 5.74) is 1.10. The van der Waals surface area contributed by atoms with Crippen molar-refractivity contribution in [3.8, 4) is 0 Å². The van der Waals surface area contributed by atoms with Crippen LogP contribution in [0.5, 0.6) is 0 Å². The maximum atomic E-state index is 14.6. The lowest BCUT2D eigenvalue weighted by Gasteiger charge is -2.18. The van der Waals surface area contributed by atoms with E-state index in [0.29, 0.717) is 41.6 Å². The van der Waals surface area contributed by atoms with Crippen molar-refractivity contribution in [3.63, 3.8) is 0 Å². The molecule has 1 aliphatic carbocycles. The zero-order valence-corrected chi connectivity index (χ0v) is 19.7. The van der Waals surface area contributed by atoms with E-state index in [4.69, 9.17) is 0 Å². The molecule has 0 spiro atoms. The number of hydrogen-bond donors (Lipinski definition) is 0. The van der Waals surface area contributed by atoms with E-state index in [1.807, 2.05) is 13.0 Å². The Hall–Kier alpha value is -3.69. The molecule has 0 aliphatic heterocycles. The minimum absolute atomic E-state index is 0.0549. The molecule has 0 N–H and O–H groups in total. The zero-order chi connectivity index (χ0) is 25.6. The number of nitrogens with zero attached hydrogens (tertiary/aromatic N) is 5. The first-order valence-corrected chi connectivity index (χ1v) is 11.6. The van der Waals surface area contributed by atoms with E-state index < -0.39 is 24.0 Å². The number of aryl methyl sites for hydroxylation is 2. The number of alkyl halides is 3. The molecule has 5 rings (SSSR count). The molecular weight excluding hydrogens is 474 g/mol. The van der Waals surface area contributed by atoms with Crippen LogP contribution >= 0.6 is 0 Å². The number of rotatable bonds is 4. The molecule has 2 atom stereocenters. The quantitative estimate of drug-likeness (QED) is 0.350. The lowest BCUT2D eigenvalue weighted by atomic mass is 9.90. The fourth-order valence-corrected chi connectivity index (χ4v) is 5.23. The van der Waals surface area contributed by atoms with Gasteiger partial charge in [-0.15, -0.1) is 0 Å². The van der Waals surface area contributed by atoms with Crippen LogP contribution < -0.4 is 5.56 Å². The highest BCUT2D eigenvalue weighted by Gasteiger charge is 2.37. The van der Waals surface area contributed by atoms with Crippen LogP contribution in [0.1, 0.15) is 64.9 Å². The second-order valence-corrected chi connectivity index (χ2v) is 9.24. The first-order chi connectivity index (χ1) is 17.1. The second-order valence-electron chi connectivity index (χ2n) is 9.24. The van der Waals surface area contributed by atoms with E-state index in [1.165, 1.54) is 10.6 Å². The fourth-order valence-electron chi connectivity index (χ4n) is 5.23. The van der Waals surface area contributed by atoms with E-state index in [-0.39, 0.29) is 29.0 Å². The third-order valence-corrected chi connectivity index (χ3v) is 6.84. The largest absolute Gasteiger partial charge is 0.435 e. The smallest absolute Gasteiger partial charge is 0.285 e. The topological polar surface area (TPSA) is 73.6 Å². The molecule has 6 nitrogen and oxygen atoms in total. The van der Waals surface area contributed by atoms with Crippen molar-refractivity contribution in [2.75, 3.05) is 0 Å². The summed E-state index contributed by atoms with van der Waals surface area (Å²) < 4.78 is 56.5. The van der Waals surface area contributed by atoms with Gasteiger partial charge in [-0.05, 0) is 68.2 Å². The Morgan fingerprint density at radius 1 is 1.06 bits per heavy atom. The van der Waals surface area contributed by atoms with E-state index >= 15 is 0 Å². The highest BCUT2D eigenvalue weighted by atomic mass is 19.4. The molecule has 1 fully saturated rings. The predicted octanol–water partition coefficient (Wildman–Crippen LogP) is 5.46. The monoisotopic (exact) mass is 497 g/mol. The van der Waals surface area contributed by atoms with Gasteiger partial charge in [-0.25, -0.2) is 14.4 Å². The van der Waals surface area contributed by atoms with Gasteiger partial charge in [-0.2, -0.15) is 13.2 Å². The van der Waals surface area contributed by atoms with Crippen LogP contribution in [0.15, 0.2) is 47.7 Å². The van der Waals surface area contributed by atoms with Gasteiger partial charge >= 0.3 is 6.18 Å². The van der Waals surface area contributed by atoms with Gasteiger partial charge in [0.2, 0.25) is 0 Å². The Morgan fingerprint density at radius 2 is 1.81 bits per heavy atom. The summed E-state index contributed by atoms with van der Waals surface area (Å²) in [4.78, 5) is 29.8. The Morgan fingerprint density at radius 3 is 2.56 bits per heavy atom. The Kier molecular flexibility index (Phi) is 6.05. The lowest BCUT2D eigenvalue weighted by Crippen LogP contribution is -2.28. The molecule has 0 radical (unpaired) electrons. The molecule has 3 heterocycles.